The Morgan fingerprint density at radius 1 is 1.28 bits per heavy atom. The summed E-state index contributed by atoms with van der Waals surface area (Å²) in [6.07, 6.45) is 0. The third-order valence-electron chi connectivity index (χ3n) is 4.60. The van der Waals surface area contributed by atoms with Crippen LogP contribution in [0.2, 0.25) is 0 Å². The molecule has 1 aliphatic heterocycles. The zero-order valence-corrected chi connectivity index (χ0v) is 12.8. The van der Waals surface area contributed by atoms with Gasteiger partial charge < -0.3 is 10.6 Å². The molecule has 4 nitrogen and oxygen atoms in total. The molecule has 106 valence electrons. The van der Waals surface area contributed by atoms with Crippen LogP contribution >= 0.6 is 0 Å². The minimum Gasteiger partial charge on any atom is -0.339 e. The van der Waals surface area contributed by atoms with Crippen LogP contribution in [0.3, 0.4) is 0 Å². The second-order valence-corrected chi connectivity index (χ2v) is 6.58. The Morgan fingerprint density at radius 3 is 2.22 bits per heavy atom. The van der Waals surface area contributed by atoms with Crippen LogP contribution in [-0.4, -0.2) is 53.5 Å². The summed E-state index contributed by atoms with van der Waals surface area (Å²) in [5.74, 6) is 0.178. The molecule has 0 aromatic rings. The number of amides is 1. The van der Waals surface area contributed by atoms with E-state index in [-0.39, 0.29) is 5.91 Å². The first-order chi connectivity index (χ1) is 8.11. The van der Waals surface area contributed by atoms with E-state index in [1.165, 1.54) is 0 Å². The van der Waals surface area contributed by atoms with E-state index in [2.05, 4.69) is 18.7 Å². The van der Waals surface area contributed by atoms with Gasteiger partial charge in [-0.1, -0.05) is 6.92 Å². The summed E-state index contributed by atoms with van der Waals surface area (Å²) in [7, 11) is 0. The average Bonchev–Trinajstić information content (AvgIpc) is 2.26. The number of carbonyl (C=O) groups is 1. The molecule has 1 saturated heterocycles. The lowest BCUT2D eigenvalue weighted by molar-refractivity contribution is -0.146. The molecule has 0 bridgehead atoms. The highest BCUT2D eigenvalue weighted by Crippen LogP contribution is 2.31. The summed E-state index contributed by atoms with van der Waals surface area (Å²) in [6, 6.07) is 0.435. The number of hydrogen-bond acceptors (Lipinski definition) is 3. The van der Waals surface area contributed by atoms with Crippen LogP contribution in [0.15, 0.2) is 0 Å². The monoisotopic (exact) mass is 255 g/mol. The topological polar surface area (TPSA) is 49.6 Å². The zero-order chi connectivity index (χ0) is 14.1. The first kappa shape index (κ1) is 15.4. The predicted octanol–water partition coefficient (Wildman–Crippen LogP) is 1.30. The van der Waals surface area contributed by atoms with Gasteiger partial charge in [0.2, 0.25) is 5.91 Å². The summed E-state index contributed by atoms with van der Waals surface area (Å²) < 4.78 is 0. The molecule has 2 N–H and O–H groups in total. The Hall–Kier alpha value is -0.610. The Morgan fingerprint density at radius 2 is 1.83 bits per heavy atom. The maximum absolute atomic E-state index is 12.6. The predicted molar refractivity (Wildman–Crippen MR) is 75.3 cm³/mol. The Kier molecular flexibility index (Phi) is 4.44. The quantitative estimate of drug-likeness (QED) is 0.827. The highest BCUT2D eigenvalue weighted by molar-refractivity contribution is 5.83. The fourth-order valence-electron chi connectivity index (χ4n) is 2.32. The first-order valence-electron chi connectivity index (χ1n) is 6.93. The van der Waals surface area contributed by atoms with E-state index in [0.29, 0.717) is 6.04 Å². The van der Waals surface area contributed by atoms with Gasteiger partial charge in [0.25, 0.3) is 0 Å². The molecule has 1 fully saturated rings. The average molecular weight is 255 g/mol. The van der Waals surface area contributed by atoms with E-state index in [0.717, 1.165) is 26.2 Å². The lowest BCUT2D eigenvalue weighted by atomic mass is 9.74. The zero-order valence-electron chi connectivity index (χ0n) is 12.8. The van der Waals surface area contributed by atoms with Gasteiger partial charge in [0, 0.05) is 31.2 Å². The van der Waals surface area contributed by atoms with Crippen molar-refractivity contribution < 1.29 is 4.79 Å². The van der Waals surface area contributed by atoms with Crippen LogP contribution in [0.5, 0.6) is 0 Å². The van der Waals surface area contributed by atoms with Crippen molar-refractivity contribution in [2.24, 2.45) is 11.1 Å². The Balaban J connectivity index is 2.76. The standard InChI is InChI=1S/C14H29N3O/c1-7-16-8-9-17(10-11(16)2)12(18)13(3,4)14(5,6)15/h11H,7-10,15H2,1-6H3. The molecule has 0 aromatic heterocycles. The van der Waals surface area contributed by atoms with Crippen molar-refractivity contribution in [2.75, 3.05) is 26.2 Å². The van der Waals surface area contributed by atoms with Crippen LogP contribution < -0.4 is 5.73 Å². The Labute approximate surface area is 111 Å². The summed E-state index contributed by atoms with van der Waals surface area (Å²) in [4.78, 5) is 17.0. The second-order valence-electron chi connectivity index (χ2n) is 6.58. The molecule has 0 radical (unpaired) electrons. The first-order valence-corrected chi connectivity index (χ1v) is 6.93. The van der Waals surface area contributed by atoms with Crippen LogP contribution in [0.4, 0.5) is 0 Å². The fourth-order valence-corrected chi connectivity index (χ4v) is 2.32. The summed E-state index contributed by atoms with van der Waals surface area (Å²) >= 11 is 0. The number of piperazine rings is 1. The van der Waals surface area contributed by atoms with E-state index in [1.54, 1.807) is 0 Å². The van der Waals surface area contributed by atoms with Gasteiger partial charge in [0.15, 0.2) is 0 Å². The van der Waals surface area contributed by atoms with Gasteiger partial charge in [-0.15, -0.1) is 0 Å². The molecule has 0 aromatic carbocycles. The smallest absolute Gasteiger partial charge is 0.230 e. The fraction of sp³-hybridized carbons (Fsp3) is 0.929. The van der Waals surface area contributed by atoms with Crippen molar-refractivity contribution in [1.82, 2.24) is 9.80 Å². The highest BCUT2D eigenvalue weighted by atomic mass is 16.2. The lowest BCUT2D eigenvalue weighted by Gasteiger charge is -2.45. The van der Waals surface area contributed by atoms with Crippen molar-refractivity contribution in [3.05, 3.63) is 0 Å². The van der Waals surface area contributed by atoms with E-state index in [4.69, 9.17) is 5.73 Å². The van der Waals surface area contributed by atoms with Gasteiger partial charge in [-0.3, -0.25) is 9.69 Å². The van der Waals surface area contributed by atoms with Gasteiger partial charge in [0.1, 0.15) is 0 Å². The van der Waals surface area contributed by atoms with Crippen molar-refractivity contribution in [3.63, 3.8) is 0 Å². The van der Waals surface area contributed by atoms with Gasteiger partial charge in [-0.05, 0) is 41.2 Å². The summed E-state index contributed by atoms with van der Waals surface area (Å²) in [5.41, 5.74) is 5.12. The second kappa shape index (κ2) is 5.17. The summed E-state index contributed by atoms with van der Waals surface area (Å²) in [5, 5.41) is 0. The van der Waals surface area contributed by atoms with E-state index in [9.17, 15) is 4.79 Å². The SMILES string of the molecule is CCN1CCN(C(=O)C(C)(C)C(C)(C)N)CC1C. The highest BCUT2D eigenvalue weighted by Gasteiger charge is 2.43. The minimum atomic E-state index is -0.527. The number of likely N-dealkylation sites (N-methyl/N-ethyl adjacent to an activating group) is 1. The van der Waals surface area contributed by atoms with Gasteiger partial charge in [0.05, 0.1) is 5.41 Å². The summed E-state index contributed by atoms with van der Waals surface area (Å²) in [6.45, 7) is 15.7. The molecule has 0 aliphatic carbocycles. The molecule has 1 amide bonds. The largest absolute Gasteiger partial charge is 0.339 e. The van der Waals surface area contributed by atoms with E-state index < -0.39 is 11.0 Å². The molecule has 0 saturated carbocycles. The number of rotatable bonds is 3. The maximum Gasteiger partial charge on any atom is 0.230 e. The minimum absolute atomic E-state index is 0.178. The molecule has 0 spiro atoms. The number of nitrogens with two attached hydrogens (primary N) is 1. The van der Waals surface area contributed by atoms with Crippen molar-refractivity contribution in [3.8, 4) is 0 Å². The van der Waals surface area contributed by atoms with Crippen LogP contribution in [0, 0.1) is 5.41 Å². The molecular formula is C14H29N3O. The Bertz CT molecular complexity index is 307. The third kappa shape index (κ3) is 2.86. The molecule has 4 heteroatoms. The normalized spacial score (nSPS) is 23.3. The van der Waals surface area contributed by atoms with Crippen molar-refractivity contribution in [1.29, 1.82) is 0 Å². The molecule has 18 heavy (non-hydrogen) atoms. The van der Waals surface area contributed by atoms with Crippen LogP contribution in [0.25, 0.3) is 0 Å². The molecule has 1 unspecified atom stereocenters. The van der Waals surface area contributed by atoms with Crippen LogP contribution in [0.1, 0.15) is 41.5 Å². The maximum atomic E-state index is 12.6. The van der Waals surface area contributed by atoms with Gasteiger partial charge in [-0.2, -0.15) is 0 Å². The molecule has 1 heterocycles. The van der Waals surface area contributed by atoms with Gasteiger partial charge in [-0.25, -0.2) is 0 Å². The van der Waals surface area contributed by atoms with E-state index >= 15 is 0 Å². The third-order valence-corrected chi connectivity index (χ3v) is 4.60. The number of hydrogen-bond donors (Lipinski definition) is 1. The number of nitrogens with zero attached hydrogens (tertiary/aromatic N) is 2. The van der Waals surface area contributed by atoms with Gasteiger partial charge >= 0.3 is 0 Å². The van der Waals surface area contributed by atoms with Crippen molar-refractivity contribution >= 4 is 5.91 Å². The molecule has 1 aliphatic rings. The lowest BCUT2D eigenvalue weighted by Crippen LogP contribution is -2.61. The van der Waals surface area contributed by atoms with Crippen LogP contribution in [-0.2, 0) is 4.79 Å². The van der Waals surface area contributed by atoms with Crippen molar-refractivity contribution in [2.45, 2.75) is 53.1 Å². The van der Waals surface area contributed by atoms with E-state index in [1.807, 2.05) is 32.6 Å². The molecule has 1 atom stereocenters. The number of carbonyl (C=O) groups excluding carboxylic acids is 1. The molecular weight excluding hydrogens is 226 g/mol. The molecule has 1 rings (SSSR count).